The van der Waals surface area contributed by atoms with Crippen molar-refractivity contribution in [3.63, 3.8) is 0 Å². The number of nitrogen functional groups attached to an aromatic ring is 1. The number of nitrogens with zero attached hydrogens (tertiary/aromatic N) is 3. The van der Waals surface area contributed by atoms with Crippen LogP contribution in [0.3, 0.4) is 0 Å². The number of aromatic nitrogens is 2. The molecule has 1 aromatic heterocycles. The first-order valence-electron chi connectivity index (χ1n) is 7.35. The van der Waals surface area contributed by atoms with Crippen LogP contribution >= 0.6 is 0 Å². The second-order valence-electron chi connectivity index (χ2n) is 5.24. The van der Waals surface area contributed by atoms with E-state index in [1.54, 1.807) is 0 Å². The molecule has 1 heterocycles. The van der Waals surface area contributed by atoms with Gasteiger partial charge in [-0.2, -0.15) is 9.97 Å². The van der Waals surface area contributed by atoms with Gasteiger partial charge in [-0.3, -0.25) is 0 Å². The van der Waals surface area contributed by atoms with Crippen molar-refractivity contribution in [3.05, 3.63) is 6.07 Å². The third kappa shape index (κ3) is 6.06. The lowest BCUT2D eigenvalue weighted by atomic mass is 10.2. The summed E-state index contributed by atoms with van der Waals surface area (Å²) in [7, 11) is 2.16. The zero-order valence-corrected chi connectivity index (χ0v) is 13.1. The van der Waals surface area contributed by atoms with Crippen LogP contribution in [0.25, 0.3) is 0 Å². The lowest BCUT2D eigenvalue weighted by Gasteiger charge is -2.20. The quantitative estimate of drug-likeness (QED) is 0.601. The van der Waals surface area contributed by atoms with Crippen molar-refractivity contribution in [2.45, 2.75) is 39.7 Å². The maximum Gasteiger partial charge on any atom is 0.223 e. The van der Waals surface area contributed by atoms with Crippen LogP contribution in [0.1, 0.15) is 33.6 Å². The predicted molar refractivity (Wildman–Crippen MR) is 86.1 cm³/mol. The fourth-order valence-electron chi connectivity index (χ4n) is 1.79. The second kappa shape index (κ2) is 8.58. The Balaban J connectivity index is 2.31. The molecule has 0 bridgehead atoms. The molecule has 0 saturated carbocycles. The number of unbranched alkanes of at least 4 members (excludes halogenated alkanes) is 1. The third-order valence-corrected chi connectivity index (χ3v) is 3.23. The summed E-state index contributed by atoms with van der Waals surface area (Å²) < 4.78 is 0. The minimum atomic E-state index is 0.297. The number of hydrogen-bond acceptors (Lipinski definition) is 6. The first kappa shape index (κ1) is 16.5. The maximum atomic E-state index is 5.68. The molecule has 1 rings (SSSR count). The number of nitrogens with two attached hydrogens (primary N) is 1. The second-order valence-corrected chi connectivity index (χ2v) is 5.24. The third-order valence-electron chi connectivity index (χ3n) is 3.23. The van der Waals surface area contributed by atoms with Crippen LogP contribution in [0.4, 0.5) is 17.6 Å². The fourth-order valence-corrected chi connectivity index (χ4v) is 1.79. The number of hydrogen-bond donors (Lipinski definition) is 3. The highest BCUT2D eigenvalue weighted by molar-refractivity contribution is 5.50. The summed E-state index contributed by atoms with van der Waals surface area (Å²) in [5.74, 6) is 1.85. The van der Waals surface area contributed by atoms with Gasteiger partial charge >= 0.3 is 0 Å². The molecule has 114 valence electrons. The Labute approximate surface area is 122 Å². The van der Waals surface area contributed by atoms with Gasteiger partial charge in [-0.15, -0.1) is 0 Å². The van der Waals surface area contributed by atoms with Crippen molar-refractivity contribution in [2.75, 3.05) is 43.0 Å². The van der Waals surface area contributed by atoms with Gasteiger partial charge in [-0.25, -0.2) is 0 Å². The average Bonchev–Trinajstić information content (AvgIpc) is 2.37. The first-order valence-corrected chi connectivity index (χ1v) is 7.35. The molecular weight excluding hydrogens is 252 g/mol. The smallest absolute Gasteiger partial charge is 0.223 e. The van der Waals surface area contributed by atoms with E-state index < -0.39 is 0 Å². The maximum absolute atomic E-state index is 5.68. The largest absolute Gasteiger partial charge is 0.370 e. The van der Waals surface area contributed by atoms with Gasteiger partial charge in [0.05, 0.1) is 0 Å². The van der Waals surface area contributed by atoms with Gasteiger partial charge in [0.1, 0.15) is 11.6 Å². The Bertz CT molecular complexity index is 393. The van der Waals surface area contributed by atoms with E-state index in [2.05, 4.69) is 46.4 Å². The molecule has 0 unspecified atom stereocenters. The summed E-state index contributed by atoms with van der Waals surface area (Å²) in [6.07, 6.45) is 2.28. The topological polar surface area (TPSA) is 79.1 Å². The molecule has 4 N–H and O–H groups in total. The molecule has 0 atom stereocenters. The van der Waals surface area contributed by atoms with Crippen molar-refractivity contribution < 1.29 is 0 Å². The fraction of sp³-hybridized carbons (Fsp3) is 0.714. The minimum Gasteiger partial charge on any atom is -0.370 e. The molecule has 1 aromatic rings. The van der Waals surface area contributed by atoms with Gasteiger partial charge in [-0.05, 0) is 47.2 Å². The van der Waals surface area contributed by atoms with Crippen LogP contribution in [-0.2, 0) is 0 Å². The van der Waals surface area contributed by atoms with Gasteiger partial charge in [0.2, 0.25) is 5.95 Å². The number of rotatable bonds is 9. The van der Waals surface area contributed by atoms with E-state index in [1.165, 1.54) is 6.42 Å². The highest BCUT2D eigenvalue weighted by Gasteiger charge is 2.03. The average molecular weight is 280 g/mol. The van der Waals surface area contributed by atoms with E-state index >= 15 is 0 Å². The molecule has 6 nitrogen and oxygen atoms in total. The normalized spacial score (nSPS) is 11.1. The van der Waals surface area contributed by atoms with E-state index in [4.69, 9.17) is 5.73 Å². The molecule has 0 aromatic carbocycles. The Morgan fingerprint density at radius 2 is 1.85 bits per heavy atom. The van der Waals surface area contributed by atoms with Crippen LogP contribution in [0.5, 0.6) is 0 Å². The molecule has 0 radical (unpaired) electrons. The van der Waals surface area contributed by atoms with Crippen LogP contribution in [0.15, 0.2) is 6.07 Å². The molecule has 0 saturated heterocycles. The number of anilines is 3. The van der Waals surface area contributed by atoms with Crippen molar-refractivity contribution in [1.82, 2.24) is 14.9 Å². The Hall–Kier alpha value is -1.56. The molecular formula is C14H28N6. The highest BCUT2D eigenvalue weighted by atomic mass is 15.1. The molecule has 0 spiro atoms. The summed E-state index contributed by atoms with van der Waals surface area (Å²) in [6, 6.07) is 2.49. The molecule has 20 heavy (non-hydrogen) atoms. The van der Waals surface area contributed by atoms with Crippen molar-refractivity contribution in [1.29, 1.82) is 0 Å². The van der Waals surface area contributed by atoms with Crippen molar-refractivity contribution in [2.24, 2.45) is 0 Å². The van der Waals surface area contributed by atoms with Crippen molar-refractivity contribution >= 4 is 17.6 Å². The van der Waals surface area contributed by atoms with Crippen LogP contribution < -0.4 is 16.4 Å². The van der Waals surface area contributed by atoms with E-state index in [-0.39, 0.29) is 0 Å². The summed E-state index contributed by atoms with van der Waals surface area (Å²) in [6.45, 7) is 9.28. The van der Waals surface area contributed by atoms with Gasteiger partial charge in [0.15, 0.2) is 0 Å². The van der Waals surface area contributed by atoms with Gasteiger partial charge in [0, 0.05) is 25.2 Å². The zero-order chi connectivity index (χ0) is 15.0. The van der Waals surface area contributed by atoms with Gasteiger partial charge in [0.25, 0.3) is 0 Å². The Morgan fingerprint density at radius 3 is 2.45 bits per heavy atom. The number of nitrogens with one attached hydrogen (secondary N) is 2. The van der Waals surface area contributed by atoms with Crippen LogP contribution in [0, 0.1) is 0 Å². The summed E-state index contributed by atoms with van der Waals surface area (Å²) >= 11 is 0. The monoisotopic (exact) mass is 280 g/mol. The predicted octanol–water partition coefficient (Wildman–Crippen LogP) is 2.02. The molecule has 0 aliphatic carbocycles. The summed E-state index contributed by atoms with van der Waals surface area (Å²) in [5, 5.41) is 6.44. The van der Waals surface area contributed by atoms with Crippen LogP contribution in [-0.4, -0.2) is 47.6 Å². The van der Waals surface area contributed by atoms with E-state index in [0.717, 1.165) is 37.7 Å². The lowest BCUT2D eigenvalue weighted by Crippen LogP contribution is -2.27. The zero-order valence-electron chi connectivity index (χ0n) is 13.1. The SMILES string of the molecule is CCNc1cc(NCCCCN(C)C(C)C)nc(N)n1. The molecule has 6 heteroatoms. The lowest BCUT2D eigenvalue weighted by molar-refractivity contribution is 0.269. The van der Waals surface area contributed by atoms with Gasteiger partial charge < -0.3 is 21.3 Å². The highest BCUT2D eigenvalue weighted by Crippen LogP contribution is 2.12. The molecule has 0 aliphatic rings. The van der Waals surface area contributed by atoms with E-state index in [1.807, 2.05) is 13.0 Å². The van der Waals surface area contributed by atoms with Gasteiger partial charge in [-0.1, -0.05) is 0 Å². The summed E-state index contributed by atoms with van der Waals surface area (Å²) in [4.78, 5) is 10.7. The standard InChI is InChI=1S/C14H28N6/c1-5-16-12-10-13(19-14(15)18-12)17-8-6-7-9-20(4)11(2)3/h10-11H,5-9H2,1-4H3,(H4,15,16,17,18,19). The van der Waals surface area contributed by atoms with Crippen LogP contribution in [0.2, 0.25) is 0 Å². The summed E-state index contributed by atoms with van der Waals surface area (Å²) in [5.41, 5.74) is 5.68. The van der Waals surface area contributed by atoms with Crippen molar-refractivity contribution in [3.8, 4) is 0 Å². The first-order chi connectivity index (χ1) is 9.52. The molecule has 0 amide bonds. The minimum absolute atomic E-state index is 0.297. The molecule has 0 fully saturated rings. The molecule has 0 aliphatic heterocycles. The van der Waals surface area contributed by atoms with E-state index in [9.17, 15) is 0 Å². The Morgan fingerprint density at radius 1 is 1.20 bits per heavy atom. The Kier molecular flexibility index (Phi) is 7.08. The van der Waals surface area contributed by atoms with E-state index in [0.29, 0.717) is 12.0 Å².